The lowest BCUT2D eigenvalue weighted by atomic mass is 10.2. The maximum Gasteiger partial charge on any atom is 0.191 e. The van der Waals surface area contributed by atoms with E-state index in [1.807, 2.05) is 24.3 Å². The Morgan fingerprint density at radius 2 is 1.92 bits per heavy atom. The monoisotopic (exact) mass is 351 g/mol. The molecule has 0 aliphatic carbocycles. The number of guanidine groups is 1. The summed E-state index contributed by atoms with van der Waals surface area (Å²) >= 11 is 6.20. The van der Waals surface area contributed by atoms with E-state index in [0.717, 1.165) is 55.8 Å². The Morgan fingerprint density at radius 1 is 1.21 bits per heavy atom. The summed E-state index contributed by atoms with van der Waals surface area (Å²) in [6.07, 6.45) is 0. The molecule has 1 saturated heterocycles. The van der Waals surface area contributed by atoms with E-state index in [0.29, 0.717) is 12.6 Å². The third kappa shape index (κ3) is 5.96. The van der Waals surface area contributed by atoms with Gasteiger partial charge in [-0.25, -0.2) is 4.99 Å². The summed E-state index contributed by atoms with van der Waals surface area (Å²) in [4.78, 5) is 9.57. The highest BCUT2D eigenvalue weighted by molar-refractivity contribution is 6.31. The second-order valence-electron chi connectivity index (χ2n) is 6.36. The molecule has 0 aromatic heterocycles. The van der Waals surface area contributed by atoms with Crippen LogP contribution >= 0.6 is 11.6 Å². The van der Waals surface area contributed by atoms with Crippen LogP contribution in [0.2, 0.25) is 5.02 Å². The minimum Gasteiger partial charge on any atom is -0.357 e. The molecule has 6 heteroatoms. The Balaban J connectivity index is 1.86. The van der Waals surface area contributed by atoms with Crippen LogP contribution in [0.5, 0.6) is 0 Å². The zero-order valence-electron chi connectivity index (χ0n) is 15.1. The summed E-state index contributed by atoms with van der Waals surface area (Å²) in [7, 11) is 2.19. The first-order valence-electron chi connectivity index (χ1n) is 8.78. The quantitative estimate of drug-likeness (QED) is 0.608. The van der Waals surface area contributed by atoms with E-state index in [4.69, 9.17) is 11.6 Å². The van der Waals surface area contributed by atoms with Crippen LogP contribution in [-0.2, 0) is 6.54 Å². The highest BCUT2D eigenvalue weighted by Crippen LogP contribution is 2.15. The molecular weight excluding hydrogens is 322 g/mol. The summed E-state index contributed by atoms with van der Waals surface area (Å²) in [5.41, 5.74) is 1.04. The van der Waals surface area contributed by atoms with Crippen molar-refractivity contribution in [2.75, 3.05) is 46.3 Å². The zero-order chi connectivity index (χ0) is 17.4. The molecule has 1 aliphatic rings. The van der Waals surface area contributed by atoms with Crippen molar-refractivity contribution in [2.45, 2.75) is 26.4 Å². The molecule has 1 unspecified atom stereocenters. The van der Waals surface area contributed by atoms with E-state index in [-0.39, 0.29) is 0 Å². The lowest BCUT2D eigenvalue weighted by Gasteiger charge is -2.36. The smallest absolute Gasteiger partial charge is 0.191 e. The molecule has 1 fully saturated rings. The molecule has 1 aromatic rings. The predicted octanol–water partition coefficient (Wildman–Crippen LogP) is 2.03. The fraction of sp³-hybridized carbons (Fsp3) is 0.611. The number of nitrogens with zero attached hydrogens (tertiary/aromatic N) is 3. The van der Waals surface area contributed by atoms with Crippen molar-refractivity contribution in [3.8, 4) is 0 Å². The molecule has 0 bridgehead atoms. The number of benzene rings is 1. The number of hydrogen-bond donors (Lipinski definition) is 2. The van der Waals surface area contributed by atoms with Crippen molar-refractivity contribution in [1.82, 2.24) is 20.4 Å². The minimum atomic E-state index is 0.489. The molecule has 0 saturated carbocycles. The molecule has 0 radical (unpaired) electrons. The molecule has 2 rings (SSSR count). The molecule has 5 nitrogen and oxygen atoms in total. The van der Waals surface area contributed by atoms with Gasteiger partial charge in [0.25, 0.3) is 0 Å². The first-order valence-corrected chi connectivity index (χ1v) is 9.16. The van der Waals surface area contributed by atoms with Gasteiger partial charge in [-0.05, 0) is 32.5 Å². The van der Waals surface area contributed by atoms with E-state index >= 15 is 0 Å². The summed E-state index contributed by atoms with van der Waals surface area (Å²) in [5.74, 6) is 0.846. The lowest BCUT2D eigenvalue weighted by molar-refractivity contribution is 0.120. The zero-order valence-corrected chi connectivity index (χ0v) is 15.8. The van der Waals surface area contributed by atoms with Crippen LogP contribution in [-0.4, -0.2) is 68.1 Å². The predicted molar refractivity (Wildman–Crippen MR) is 103 cm³/mol. The molecule has 1 aromatic carbocycles. The van der Waals surface area contributed by atoms with Gasteiger partial charge in [-0.1, -0.05) is 29.8 Å². The van der Waals surface area contributed by atoms with Crippen molar-refractivity contribution in [3.05, 3.63) is 34.9 Å². The standard InChI is InChI=1S/C18H30ClN5/c1-4-20-18(22-14-16-7-5-6-8-17(16)19)21-13-15(2)24-11-9-23(3)10-12-24/h5-8,15H,4,9-14H2,1-3H3,(H2,20,21,22). The third-order valence-corrected chi connectivity index (χ3v) is 4.80. The lowest BCUT2D eigenvalue weighted by Crippen LogP contribution is -2.52. The normalized spacial score (nSPS) is 18.4. The average Bonchev–Trinajstić information content (AvgIpc) is 2.59. The summed E-state index contributed by atoms with van der Waals surface area (Å²) in [5, 5.41) is 7.53. The number of hydrogen-bond acceptors (Lipinski definition) is 3. The van der Waals surface area contributed by atoms with Crippen LogP contribution < -0.4 is 10.6 Å². The molecule has 134 valence electrons. The van der Waals surface area contributed by atoms with Gasteiger partial charge in [0.2, 0.25) is 0 Å². The number of aliphatic imine (C=N–C) groups is 1. The number of halogens is 1. The molecular formula is C18H30ClN5. The SMILES string of the molecule is CCNC(=NCc1ccccc1Cl)NCC(C)N1CCN(C)CC1. The van der Waals surface area contributed by atoms with E-state index in [2.05, 4.69) is 46.3 Å². The van der Waals surface area contributed by atoms with Crippen LogP contribution in [0.25, 0.3) is 0 Å². The number of piperazine rings is 1. The van der Waals surface area contributed by atoms with E-state index in [1.165, 1.54) is 0 Å². The summed E-state index contributed by atoms with van der Waals surface area (Å²) in [6, 6.07) is 8.34. The topological polar surface area (TPSA) is 42.9 Å². The second kappa shape index (κ2) is 9.87. The van der Waals surface area contributed by atoms with E-state index in [9.17, 15) is 0 Å². The highest BCUT2D eigenvalue weighted by atomic mass is 35.5. The fourth-order valence-electron chi connectivity index (χ4n) is 2.77. The Hall–Kier alpha value is -1.30. The van der Waals surface area contributed by atoms with Gasteiger partial charge < -0.3 is 15.5 Å². The Bertz CT molecular complexity index is 526. The van der Waals surface area contributed by atoms with Crippen molar-refractivity contribution >= 4 is 17.6 Å². The average molecular weight is 352 g/mol. The Morgan fingerprint density at radius 3 is 2.58 bits per heavy atom. The van der Waals surface area contributed by atoms with Gasteiger partial charge >= 0.3 is 0 Å². The van der Waals surface area contributed by atoms with E-state index in [1.54, 1.807) is 0 Å². The Kier molecular flexibility index (Phi) is 7.82. The minimum absolute atomic E-state index is 0.489. The van der Waals surface area contributed by atoms with Gasteiger partial charge in [0, 0.05) is 50.3 Å². The van der Waals surface area contributed by atoms with Gasteiger partial charge in [-0.2, -0.15) is 0 Å². The van der Waals surface area contributed by atoms with Gasteiger partial charge in [0.15, 0.2) is 5.96 Å². The van der Waals surface area contributed by atoms with Gasteiger partial charge in [0.1, 0.15) is 0 Å². The summed E-state index contributed by atoms with van der Waals surface area (Å²) < 4.78 is 0. The number of likely N-dealkylation sites (N-methyl/N-ethyl adjacent to an activating group) is 1. The van der Waals surface area contributed by atoms with Crippen LogP contribution in [0, 0.1) is 0 Å². The molecule has 1 aliphatic heterocycles. The van der Waals surface area contributed by atoms with Crippen molar-refractivity contribution in [3.63, 3.8) is 0 Å². The van der Waals surface area contributed by atoms with Crippen LogP contribution in [0.15, 0.2) is 29.3 Å². The van der Waals surface area contributed by atoms with Crippen molar-refractivity contribution < 1.29 is 0 Å². The maximum atomic E-state index is 6.20. The highest BCUT2D eigenvalue weighted by Gasteiger charge is 2.19. The van der Waals surface area contributed by atoms with Gasteiger partial charge in [-0.15, -0.1) is 0 Å². The molecule has 0 amide bonds. The first kappa shape index (κ1) is 19.0. The molecule has 24 heavy (non-hydrogen) atoms. The van der Waals surface area contributed by atoms with Crippen LogP contribution in [0.3, 0.4) is 0 Å². The molecule has 1 heterocycles. The molecule has 2 N–H and O–H groups in total. The van der Waals surface area contributed by atoms with Crippen LogP contribution in [0.1, 0.15) is 19.4 Å². The van der Waals surface area contributed by atoms with E-state index < -0.39 is 0 Å². The third-order valence-electron chi connectivity index (χ3n) is 4.44. The molecule has 1 atom stereocenters. The second-order valence-corrected chi connectivity index (χ2v) is 6.76. The van der Waals surface area contributed by atoms with Crippen molar-refractivity contribution in [2.24, 2.45) is 4.99 Å². The molecule has 0 spiro atoms. The largest absolute Gasteiger partial charge is 0.357 e. The van der Waals surface area contributed by atoms with Gasteiger partial charge in [0.05, 0.1) is 6.54 Å². The van der Waals surface area contributed by atoms with Gasteiger partial charge in [-0.3, -0.25) is 4.90 Å². The number of rotatable bonds is 6. The van der Waals surface area contributed by atoms with Crippen LogP contribution in [0.4, 0.5) is 0 Å². The summed E-state index contributed by atoms with van der Waals surface area (Å²) in [6.45, 7) is 11.2. The maximum absolute atomic E-state index is 6.20. The first-order chi connectivity index (χ1) is 11.6. The number of nitrogens with one attached hydrogen (secondary N) is 2. The van der Waals surface area contributed by atoms with Crippen molar-refractivity contribution in [1.29, 1.82) is 0 Å². The Labute approximate surface area is 151 Å². The fourth-order valence-corrected chi connectivity index (χ4v) is 2.96.